The summed E-state index contributed by atoms with van der Waals surface area (Å²) < 4.78 is 0. The first kappa shape index (κ1) is 12.1. The monoisotopic (exact) mass is 265 g/mol. The number of thiazole rings is 1. The van der Waals surface area contributed by atoms with Gasteiger partial charge in [0.25, 0.3) is 5.91 Å². The van der Waals surface area contributed by atoms with Crippen molar-refractivity contribution in [1.29, 1.82) is 0 Å². The largest absolute Gasteiger partial charge is 0.337 e. The van der Waals surface area contributed by atoms with Crippen molar-refractivity contribution < 1.29 is 4.79 Å². The fourth-order valence-electron chi connectivity index (χ4n) is 3.38. The smallest absolute Gasteiger partial charge is 0.273 e. The minimum Gasteiger partial charge on any atom is -0.337 e. The van der Waals surface area contributed by atoms with Crippen molar-refractivity contribution in [3.8, 4) is 0 Å². The highest BCUT2D eigenvalue weighted by Gasteiger charge is 2.42. The molecule has 1 aromatic heterocycles. The lowest BCUT2D eigenvalue weighted by Crippen LogP contribution is -2.43. The van der Waals surface area contributed by atoms with Gasteiger partial charge in [-0.15, -0.1) is 11.3 Å². The standard InChI is InChI=1S/C13H19N3OS/c1-15-5-2-3-13(8-15)4-6-16(9-13)12(17)11-7-18-10-14-11/h7,10H,2-6,8-9H2,1H3/t13-/m1/s1. The highest BCUT2D eigenvalue weighted by molar-refractivity contribution is 7.07. The number of amides is 1. The molecule has 1 amide bonds. The fourth-order valence-corrected chi connectivity index (χ4v) is 3.90. The molecule has 2 fully saturated rings. The average molecular weight is 265 g/mol. The Hall–Kier alpha value is -0.940. The van der Waals surface area contributed by atoms with E-state index in [0.717, 1.165) is 26.1 Å². The number of carbonyl (C=O) groups is 1. The van der Waals surface area contributed by atoms with E-state index in [9.17, 15) is 4.79 Å². The Morgan fingerprint density at radius 2 is 2.28 bits per heavy atom. The summed E-state index contributed by atoms with van der Waals surface area (Å²) in [5.74, 6) is 0.112. The predicted molar refractivity (Wildman–Crippen MR) is 71.8 cm³/mol. The molecule has 98 valence electrons. The van der Waals surface area contributed by atoms with E-state index in [-0.39, 0.29) is 5.91 Å². The second kappa shape index (κ2) is 4.63. The third kappa shape index (κ3) is 2.17. The molecule has 0 aromatic carbocycles. The Morgan fingerprint density at radius 1 is 1.39 bits per heavy atom. The van der Waals surface area contributed by atoms with E-state index in [1.54, 1.807) is 5.51 Å². The van der Waals surface area contributed by atoms with Crippen LogP contribution in [0.3, 0.4) is 0 Å². The minimum atomic E-state index is 0.112. The van der Waals surface area contributed by atoms with Gasteiger partial charge in [0.05, 0.1) is 5.51 Å². The summed E-state index contributed by atoms with van der Waals surface area (Å²) in [5, 5.41) is 1.85. The summed E-state index contributed by atoms with van der Waals surface area (Å²) in [4.78, 5) is 20.8. The third-order valence-corrected chi connectivity index (χ3v) is 4.82. The maximum absolute atomic E-state index is 12.3. The molecule has 2 aliphatic heterocycles. The molecule has 0 unspecified atom stereocenters. The summed E-state index contributed by atoms with van der Waals surface area (Å²) in [6, 6.07) is 0. The van der Waals surface area contributed by atoms with Crippen LogP contribution in [0.5, 0.6) is 0 Å². The SMILES string of the molecule is CN1CCC[C@@]2(CCN(C(=O)c3cscn3)C2)C1. The second-order valence-corrected chi connectivity index (χ2v) is 6.41. The Labute approximate surface area is 112 Å². The molecule has 3 heterocycles. The first-order valence-corrected chi connectivity index (χ1v) is 7.49. The van der Waals surface area contributed by atoms with Crippen LogP contribution in [0.2, 0.25) is 0 Å². The van der Waals surface area contributed by atoms with Crippen molar-refractivity contribution >= 4 is 17.2 Å². The molecule has 1 spiro atoms. The first-order valence-electron chi connectivity index (χ1n) is 6.55. The van der Waals surface area contributed by atoms with Crippen LogP contribution in [-0.4, -0.2) is 53.9 Å². The van der Waals surface area contributed by atoms with Crippen LogP contribution in [0.4, 0.5) is 0 Å². The van der Waals surface area contributed by atoms with E-state index >= 15 is 0 Å². The summed E-state index contributed by atoms with van der Waals surface area (Å²) in [7, 11) is 2.19. The molecule has 1 aromatic rings. The summed E-state index contributed by atoms with van der Waals surface area (Å²) in [5.41, 5.74) is 2.69. The molecule has 0 radical (unpaired) electrons. The molecule has 2 saturated heterocycles. The first-order chi connectivity index (χ1) is 8.69. The van der Waals surface area contributed by atoms with Crippen molar-refractivity contribution in [2.75, 3.05) is 33.2 Å². The van der Waals surface area contributed by atoms with Gasteiger partial charge in [-0.3, -0.25) is 4.79 Å². The molecule has 18 heavy (non-hydrogen) atoms. The number of rotatable bonds is 1. The van der Waals surface area contributed by atoms with Crippen molar-refractivity contribution in [2.45, 2.75) is 19.3 Å². The van der Waals surface area contributed by atoms with Crippen LogP contribution < -0.4 is 0 Å². The molecule has 3 rings (SSSR count). The topological polar surface area (TPSA) is 36.4 Å². The average Bonchev–Trinajstić information content (AvgIpc) is 2.98. The fraction of sp³-hybridized carbons (Fsp3) is 0.692. The van der Waals surface area contributed by atoms with Gasteiger partial charge < -0.3 is 9.80 Å². The van der Waals surface area contributed by atoms with Crippen molar-refractivity contribution in [2.24, 2.45) is 5.41 Å². The van der Waals surface area contributed by atoms with Crippen LogP contribution in [0.25, 0.3) is 0 Å². The Morgan fingerprint density at radius 3 is 3.00 bits per heavy atom. The number of carbonyl (C=O) groups excluding carboxylic acids is 1. The van der Waals surface area contributed by atoms with E-state index in [0.29, 0.717) is 11.1 Å². The van der Waals surface area contributed by atoms with Crippen LogP contribution in [-0.2, 0) is 0 Å². The van der Waals surface area contributed by atoms with Crippen molar-refractivity contribution in [3.05, 3.63) is 16.6 Å². The Bertz CT molecular complexity index is 433. The lowest BCUT2D eigenvalue weighted by atomic mass is 9.79. The van der Waals surface area contributed by atoms with E-state index in [4.69, 9.17) is 0 Å². The van der Waals surface area contributed by atoms with Gasteiger partial charge in [-0.2, -0.15) is 0 Å². The maximum Gasteiger partial charge on any atom is 0.273 e. The second-order valence-electron chi connectivity index (χ2n) is 5.69. The molecular weight excluding hydrogens is 246 g/mol. The number of nitrogens with zero attached hydrogens (tertiary/aromatic N) is 3. The molecule has 0 saturated carbocycles. The van der Waals surface area contributed by atoms with Crippen molar-refractivity contribution in [1.82, 2.24) is 14.8 Å². The molecule has 0 N–H and O–H groups in total. The van der Waals surface area contributed by atoms with Crippen LogP contribution in [0.15, 0.2) is 10.9 Å². The van der Waals surface area contributed by atoms with Gasteiger partial charge in [-0.25, -0.2) is 4.98 Å². The van der Waals surface area contributed by atoms with Gasteiger partial charge >= 0.3 is 0 Å². The van der Waals surface area contributed by atoms with Gasteiger partial charge in [-0.1, -0.05) is 0 Å². The zero-order valence-electron chi connectivity index (χ0n) is 10.8. The van der Waals surface area contributed by atoms with Crippen LogP contribution >= 0.6 is 11.3 Å². The number of likely N-dealkylation sites (tertiary alicyclic amines) is 2. The molecule has 5 heteroatoms. The zero-order chi connectivity index (χ0) is 12.6. The Balaban J connectivity index is 1.69. The molecule has 2 aliphatic rings. The van der Waals surface area contributed by atoms with Gasteiger partial charge in [0.2, 0.25) is 0 Å². The van der Waals surface area contributed by atoms with Crippen molar-refractivity contribution in [3.63, 3.8) is 0 Å². The van der Waals surface area contributed by atoms with E-state index in [2.05, 4.69) is 16.9 Å². The van der Waals surface area contributed by atoms with Gasteiger partial charge in [0, 0.05) is 30.4 Å². The van der Waals surface area contributed by atoms with Crippen LogP contribution in [0.1, 0.15) is 29.8 Å². The molecule has 0 aliphatic carbocycles. The lowest BCUT2D eigenvalue weighted by molar-refractivity contribution is 0.0718. The zero-order valence-corrected chi connectivity index (χ0v) is 11.6. The van der Waals surface area contributed by atoms with Gasteiger partial charge in [0.1, 0.15) is 5.69 Å². The number of piperidine rings is 1. The van der Waals surface area contributed by atoms with Gasteiger partial charge in [-0.05, 0) is 32.9 Å². The quantitative estimate of drug-likeness (QED) is 0.775. The summed E-state index contributed by atoms with van der Waals surface area (Å²) in [6.45, 7) is 4.13. The van der Waals surface area contributed by atoms with Gasteiger partial charge in [0.15, 0.2) is 0 Å². The van der Waals surface area contributed by atoms with E-state index < -0.39 is 0 Å². The summed E-state index contributed by atoms with van der Waals surface area (Å²) >= 11 is 1.49. The minimum absolute atomic E-state index is 0.112. The molecule has 1 atom stereocenters. The normalized spacial score (nSPS) is 29.1. The predicted octanol–water partition coefficient (Wildman–Crippen LogP) is 1.70. The van der Waals surface area contributed by atoms with E-state index in [1.807, 2.05) is 10.3 Å². The number of hydrogen-bond acceptors (Lipinski definition) is 4. The number of hydrogen-bond donors (Lipinski definition) is 0. The highest BCUT2D eigenvalue weighted by atomic mass is 32.1. The molecule has 0 bridgehead atoms. The van der Waals surface area contributed by atoms with Crippen LogP contribution in [0, 0.1) is 5.41 Å². The molecule has 4 nitrogen and oxygen atoms in total. The van der Waals surface area contributed by atoms with E-state index in [1.165, 1.54) is 30.7 Å². The Kier molecular flexibility index (Phi) is 3.11. The highest BCUT2D eigenvalue weighted by Crippen LogP contribution is 2.38. The lowest BCUT2D eigenvalue weighted by Gasteiger charge is -2.38. The summed E-state index contributed by atoms with van der Waals surface area (Å²) in [6.07, 6.45) is 3.67. The third-order valence-electron chi connectivity index (χ3n) is 4.23. The molecular formula is C13H19N3OS. The maximum atomic E-state index is 12.3. The number of aromatic nitrogens is 1.